The number of benzene rings is 2. The number of rotatable bonds is 2. The van der Waals surface area contributed by atoms with E-state index in [0.29, 0.717) is 6.42 Å². The van der Waals surface area contributed by atoms with Gasteiger partial charge in [0.2, 0.25) is 0 Å². The first-order chi connectivity index (χ1) is 13.2. The van der Waals surface area contributed by atoms with Crippen molar-refractivity contribution in [2.75, 3.05) is 6.61 Å². The number of fused-ring (bicyclic) bond motifs is 1. The summed E-state index contributed by atoms with van der Waals surface area (Å²) in [4.78, 5) is 13.1. The van der Waals surface area contributed by atoms with E-state index < -0.39 is 0 Å². The van der Waals surface area contributed by atoms with E-state index in [4.69, 9.17) is 4.74 Å². The molecule has 1 aliphatic heterocycles. The molecule has 0 amide bonds. The van der Waals surface area contributed by atoms with E-state index in [1.54, 1.807) is 0 Å². The molecule has 1 aliphatic rings. The van der Waals surface area contributed by atoms with E-state index in [-0.39, 0.29) is 17.7 Å². The highest BCUT2D eigenvalue weighted by atomic mass is 16.5. The van der Waals surface area contributed by atoms with Crippen molar-refractivity contribution < 1.29 is 4.74 Å². The van der Waals surface area contributed by atoms with Crippen LogP contribution in [0.2, 0.25) is 0 Å². The van der Waals surface area contributed by atoms with Crippen molar-refractivity contribution in [2.45, 2.75) is 38.3 Å². The van der Waals surface area contributed by atoms with Crippen LogP contribution >= 0.6 is 0 Å². The molecule has 1 fully saturated rings. The SMILES string of the molecule is CC1OCCCC1n1ccc2ccc(C#CCc3ccccc3)cc2c1=O. The lowest BCUT2D eigenvalue weighted by Gasteiger charge is -2.30. The second kappa shape index (κ2) is 7.82. The molecule has 2 atom stereocenters. The van der Waals surface area contributed by atoms with E-state index in [1.165, 1.54) is 5.56 Å². The van der Waals surface area contributed by atoms with Crippen LogP contribution in [-0.4, -0.2) is 17.3 Å². The van der Waals surface area contributed by atoms with Crippen LogP contribution in [0.1, 0.15) is 36.9 Å². The number of aromatic nitrogens is 1. The fourth-order valence-corrected chi connectivity index (χ4v) is 3.71. The molecule has 1 saturated heterocycles. The molecule has 2 aromatic carbocycles. The van der Waals surface area contributed by atoms with Crippen molar-refractivity contribution in [2.24, 2.45) is 0 Å². The molecular weight excluding hydrogens is 334 g/mol. The largest absolute Gasteiger partial charge is 0.376 e. The lowest BCUT2D eigenvalue weighted by Crippen LogP contribution is -2.35. The van der Waals surface area contributed by atoms with Gasteiger partial charge in [0.15, 0.2) is 0 Å². The van der Waals surface area contributed by atoms with Crippen LogP contribution in [0.5, 0.6) is 0 Å². The second-order valence-electron chi connectivity index (χ2n) is 7.08. The summed E-state index contributed by atoms with van der Waals surface area (Å²) in [7, 11) is 0. The molecule has 3 aromatic rings. The van der Waals surface area contributed by atoms with Gasteiger partial charge in [-0.3, -0.25) is 4.79 Å². The number of ether oxygens (including phenoxy) is 1. The van der Waals surface area contributed by atoms with Gasteiger partial charge in [0.1, 0.15) is 0 Å². The maximum absolute atomic E-state index is 13.1. The minimum absolute atomic E-state index is 0.0431. The molecule has 0 saturated carbocycles. The van der Waals surface area contributed by atoms with Crippen LogP contribution < -0.4 is 5.56 Å². The third-order valence-electron chi connectivity index (χ3n) is 5.23. The average Bonchev–Trinajstić information content (AvgIpc) is 2.70. The first-order valence-electron chi connectivity index (χ1n) is 9.52. The predicted octanol–water partition coefficient (Wildman–Crippen LogP) is 4.34. The second-order valence-corrected chi connectivity index (χ2v) is 7.08. The number of hydrogen-bond acceptors (Lipinski definition) is 2. The summed E-state index contributed by atoms with van der Waals surface area (Å²) in [6, 6.07) is 18.2. The van der Waals surface area contributed by atoms with Gasteiger partial charge in [0.25, 0.3) is 5.56 Å². The van der Waals surface area contributed by atoms with Crippen molar-refractivity contribution in [3.05, 3.63) is 82.3 Å². The summed E-state index contributed by atoms with van der Waals surface area (Å²) in [5, 5.41) is 1.68. The smallest absolute Gasteiger partial charge is 0.258 e. The summed E-state index contributed by atoms with van der Waals surface area (Å²) in [5.74, 6) is 6.41. The molecule has 4 rings (SSSR count). The molecule has 3 nitrogen and oxygen atoms in total. The van der Waals surface area contributed by atoms with Gasteiger partial charge in [-0.15, -0.1) is 0 Å². The van der Waals surface area contributed by atoms with Gasteiger partial charge in [-0.05, 0) is 48.9 Å². The first-order valence-corrected chi connectivity index (χ1v) is 9.52. The fourth-order valence-electron chi connectivity index (χ4n) is 3.71. The van der Waals surface area contributed by atoms with Gasteiger partial charge >= 0.3 is 0 Å². The van der Waals surface area contributed by atoms with Gasteiger partial charge in [0.05, 0.1) is 12.1 Å². The lowest BCUT2D eigenvalue weighted by molar-refractivity contribution is -0.00984. The van der Waals surface area contributed by atoms with E-state index in [9.17, 15) is 4.79 Å². The minimum atomic E-state index is 0.0431. The maximum atomic E-state index is 13.1. The Balaban J connectivity index is 1.65. The fraction of sp³-hybridized carbons (Fsp3) is 0.292. The Morgan fingerprint density at radius 1 is 1.15 bits per heavy atom. The van der Waals surface area contributed by atoms with E-state index in [2.05, 4.69) is 24.0 Å². The average molecular weight is 357 g/mol. The van der Waals surface area contributed by atoms with Crippen LogP contribution in [-0.2, 0) is 11.2 Å². The van der Waals surface area contributed by atoms with Gasteiger partial charge < -0.3 is 9.30 Å². The van der Waals surface area contributed by atoms with Crippen LogP contribution in [0.4, 0.5) is 0 Å². The molecule has 0 spiro atoms. The minimum Gasteiger partial charge on any atom is -0.376 e. The first kappa shape index (κ1) is 17.6. The Morgan fingerprint density at radius 3 is 2.81 bits per heavy atom. The standard InChI is InChI=1S/C24H23NO2/c1-18-23(11-6-16-27-18)25-15-14-21-13-12-20(17-22(21)24(25)26)10-5-9-19-7-3-2-4-8-19/h2-4,7-8,12-15,17-18,23H,6,9,11,16H2,1H3. The molecule has 136 valence electrons. The van der Waals surface area contributed by atoms with Gasteiger partial charge in [-0.25, -0.2) is 0 Å². The van der Waals surface area contributed by atoms with Crippen molar-refractivity contribution in [3.63, 3.8) is 0 Å². The van der Waals surface area contributed by atoms with Crippen LogP contribution in [0, 0.1) is 11.8 Å². The molecule has 2 unspecified atom stereocenters. The summed E-state index contributed by atoms with van der Waals surface area (Å²) in [6.45, 7) is 2.83. The van der Waals surface area contributed by atoms with Crippen LogP contribution in [0.3, 0.4) is 0 Å². The summed E-state index contributed by atoms with van der Waals surface area (Å²) >= 11 is 0. The molecule has 3 heteroatoms. The van der Waals surface area contributed by atoms with Crippen molar-refractivity contribution >= 4 is 10.8 Å². The Labute approximate surface area is 159 Å². The van der Waals surface area contributed by atoms with Gasteiger partial charge in [-0.1, -0.05) is 48.2 Å². The third kappa shape index (κ3) is 3.82. The summed E-state index contributed by atoms with van der Waals surface area (Å²) in [6.07, 6.45) is 4.63. The molecule has 0 aliphatic carbocycles. The number of pyridine rings is 1. The summed E-state index contributed by atoms with van der Waals surface area (Å²) < 4.78 is 7.59. The normalized spacial score (nSPS) is 19.4. The van der Waals surface area contributed by atoms with Crippen molar-refractivity contribution in [1.29, 1.82) is 0 Å². The zero-order valence-electron chi connectivity index (χ0n) is 15.5. The Kier molecular flexibility index (Phi) is 5.09. The maximum Gasteiger partial charge on any atom is 0.258 e. The molecule has 0 N–H and O–H groups in total. The molecular formula is C24H23NO2. The number of hydrogen-bond donors (Lipinski definition) is 0. The predicted molar refractivity (Wildman–Crippen MR) is 109 cm³/mol. The highest BCUT2D eigenvalue weighted by Crippen LogP contribution is 2.25. The Bertz CT molecular complexity index is 1060. The molecule has 0 bridgehead atoms. The highest BCUT2D eigenvalue weighted by molar-refractivity contribution is 5.82. The van der Waals surface area contributed by atoms with Crippen LogP contribution in [0.15, 0.2) is 65.6 Å². The van der Waals surface area contributed by atoms with E-state index in [1.807, 2.05) is 60.2 Å². The van der Waals surface area contributed by atoms with Gasteiger partial charge in [-0.2, -0.15) is 0 Å². The Morgan fingerprint density at radius 2 is 2.00 bits per heavy atom. The van der Waals surface area contributed by atoms with Crippen molar-refractivity contribution in [1.82, 2.24) is 4.57 Å². The summed E-state index contributed by atoms with van der Waals surface area (Å²) in [5.41, 5.74) is 2.11. The van der Waals surface area contributed by atoms with Gasteiger partial charge in [0, 0.05) is 30.2 Å². The van der Waals surface area contributed by atoms with E-state index in [0.717, 1.165) is 35.8 Å². The third-order valence-corrected chi connectivity index (χ3v) is 5.23. The lowest BCUT2D eigenvalue weighted by atomic mass is 10.0. The molecule has 0 radical (unpaired) electrons. The topological polar surface area (TPSA) is 31.2 Å². The quantitative estimate of drug-likeness (QED) is 0.639. The molecule has 27 heavy (non-hydrogen) atoms. The monoisotopic (exact) mass is 357 g/mol. The van der Waals surface area contributed by atoms with Crippen molar-refractivity contribution in [3.8, 4) is 11.8 Å². The zero-order chi connectivity index (χ0) is 18.6. The van der Waals surface area contributed by atoms with E-state index >= 15 is 0 Å². The molecule has 2 heterocycles. The highest BCUT2D eigenvalue weighted by Gasteiger charge is 2.24. The number of nitrogens with zero attached hydrogens (tertiary/aromatic N) is 1. The zero-order valence-corrected chi connectivity index (χ0v) is 15.5. The Hall–Kier alpha value is -2.83. The van der Waals surface area contributed by atoms with Crippen LogP contribution in [0.25, 0.3) is 10.8 Å². The molecule has 1 aromatic heterocycles.